The first-order chi connectivity index (χ1) is 7.09. The molecule has 0 fully saturated rings. The number of anilines is 1. The van der Waals surface area contributed by atoms with Crippen molar-refractivity contribution < 1.29 is 19.7 Å². The number of carboxylic acid groups (broad SMARTS) is 1. The predicted octanol–water partition coefficient (Wildman–Crippen LogP) is 1.02. The number of nitro groups is 1. The number of nitrogens with one attached hydrogen (secondary N) is 1. The van der Waals surface area contributed by atoms with Crippen LogP contribution in [-0.4, -0.2) is 22.6 Å². The molecule has 80 valence electrons. The van der Waals surface area contributed by atoms with Crippen LogP contribution in [0.3, 0.4) is 0 Å². The largest absolute Gasteiger partial charge is 0.479 e. The van der Waals surface area contributed by atoms with Crippen molar-refractivity contribution in [1.29, 1.82) is 0 Å². The Labute approximate surface area is 84.4 Å². The van der Waals surface area contributed by atoms with Crippen LogP contribution in [-0.2, 0) is 9.63 Å². The summed E-state index contributed by atoms with van der Waals surface area (Å²) >= 11 is 0. The summed E-state index contributed by atoms with van der Waals surface area (Å²) in [6.45, 7) is -0.489. The van der Waals surface area contributed by atoms with E-state index in [1.165, 1.54) is 24.3 Å². The van der Waals surface area contributed by atoms with Gasteiger partial charge in [0.05, 0.1) is 10.6 Å². The maximum Gasteiger partial charge on any atom is 0.332 e. The van der Waals surface area contributed by atoms with Gasteiger partial charge >= 0.3 is 5.97 Å². The Bertz CT molecular complexity index is 362. The van der Waals surface area contributed by atoms with E-state index in [2.05, 4.69) is 10.3 Å². The summed E-state index contributed by atoms with van der Waals surface area (Å²) < 4.78 is 0. The number of nitrogens with zero attached hydrogens (tertiary/aromatic N) is 1. The molecule has 0 aromatic heterocycles. The molecule has 1 aromatic rings. The zero-order chi connectivity index (χ0) is 11.3. The molecule has 0 aliphatic carbocycles. The molecule has 1 aromatic carbocycles. The highest BCUT2D eigenvalue weighted by molar-refractivity contribution is 5.68. The topological polar surface area (TPSA) is 102 Å². The van der Waals surface area contributed by atoms with Crippen molar-refractivity contribution in [3.63, 3.8) is 0 Å². The summed E-state index contributed by atoms with van der Waals surface area (Å²) in [6.07, 6.45) is 0. The average Bonchev–Trinajstić information content (AvgIpc) is 2.18. The first-order valence-corrected chi connectivity index (χ1v) is 3.93. The van der Waals surface area contributed by atoms with Gasteiger partial charge in [-0.25, -0.2) is 4.79 Å². The van der Waals surface area contributed by atoms with E-state index in [1.807, 2.05) is 0 Å². The molecule has 0 spiro atoms. The number of benzene rings is 1. The van der Waals surface area contributed by atoms with Crippen LogP contribution in [0.5, 0.6) is 0 Å². The minimum atomic E-state index is -1.11. The van der Waals surface area contributed by atoms with E-state index >= 15 is 0 Å². The Morgan fingerprint density at radius 2 is 2.07 bits per heavy atom. The summed E-state index contributed by atoms with van der Waals surface area (Å²) in [5.41, 5.74) is 2.74. The van der Waals surface area contributed by atoms with Crippen molar-refractivity contribution in [2.75, 3.05) is 12.1 Å². The second-order valence-electron chi connectivity index (χ2n) is 2.59. The minimum absolute atomic E-state index is 0.0428. The molecule has 0 radical (unpaired) electrons. The van der Waals surface area contributed by atoms with Crippen molar-refractivity contribution in [2.24, 2.45) is 0 Å². The molecule has 0 unspecified atom stereocenters. The SMILES string of the molecule is O=C(O)CONc1ccc([N+](=O)[O-])cc1. The maximum absolute atomic E-state index is 10.3. The molecule has 0 heterocycles. The summed E-state index contributed by atoms with van der Waals surface area (Å²) in [7, 11) is 0. The maximum atomic E-state index is 10.3. The fourth-order valence-corrected chi connectivity index (χ4v) is 0.832. The lowest BCUT2D eigenvalue weighted by Crippen LogP contribution is -2.11. The van der Waals surface area contributed by atoms with Gasteiger partial charge in [0.1, 0.15) is 0 Å². The van der Waals surface area contributed by atoms with Crippen LogP contribution in [0.15, 0.2) is 24.3 Å². The number of hydrogen-bond acceptors (Lipinski definition) is 5. The van der Waals surface area contributed by atoms with Crippen molar-refractivity contribution in [3.05, 3.63) is 34.4 Å². The van der Waals surface area contributed by atoms with E-state index in [4.69, 9.17) is 5.11 Å². The van der Waals surface area contributed by atoms with Gasteiger partial charge in [0.15, 0.2) is 6.61 Å². The average molecular weight is 212 g/mol. The van der Waals surface area contributed by atoms with E-state index in [0.717, 1.165) is 0 Å². The zero-order valence-corrected chi connectivity index (χ0v) is 7.54. The van der Waals surface area contributed by atoms with Gasteiger partial charge in [-0.3, -0.25) is 20.4 Å². The van der Waals surface area contributed by atoms with E-state index in [0.29, 0.717) is 5.69 Å². The Morgan fingerprint density at radius 1 is 1.47 bits per heavy atom. The quantitative estimate of drug-likeness (QED) is 0.558. The molecule has 0 aliphatic heterocycles. The third-order valence-corrected chi connectivity index (χ3v) is 1.46. The first-order valence-electron chi connectivity index (χ1n) is 3.93. The predicted molar refractivity (Wildman–Crippen MR) is 50.3 cm³/mol. The fourth-order valence-electron chi connectivity index (χ4n) is 0.832. The van der Waals surface area contributed by atoms with Crippen molar-refractivity contribution in [2.45, 2.75) is 0 Å². The van der Waals surface area contributed by atoms with Crippen LogP contribution >= 0.6 is 0 Å². The van der Waals surface area contributed by atoms with E-state index in [9.17, 15) is 14.9 Å². The molecule has 0 amide bonds. The Hall–Kier alpha value is -2.15. The third-order valence-electron chi connectivity index (χ3n) is 1.46. The summed E-state index contributed by atoms with van der Waals surface area (Å²) in [4.78, 5) is 24.4. The third kappa shape index (κ3) is 3.61. The molecule has 1 rings (SSSR count). The standard InChI is InChI=1S/C8H8N2O5/c11-8(12)5-15-9-6-1-3-7(4-2-6)10(13)14/h1-4,9H,5H2,(H,11,12). The Balaban J connectivity index is 2.50. The number of carboxylic acids is 1. The van der Waals surface area contributed by atoms with E-state index in [-0.39, 0.29) is 5.69 Å². The highest BCUT2D eigenvalue weighted by Gasteiger charge is 2.03. The Morgan fingerprint density at radius 3 is 2.53 bits per heavy atom. The lowest BCUT2D eigenvalue weighted by molar-refractivity contribution is -0.384. The normalized spacial score (nSPS) is 9.60. The monoisotopic (exact) mass is 212 g/mol. The highest BCUT2D eigenvalue weighted by Crippen LogP contribution is 2.14. The second kappa shape index (κ2) is 4.91. The van der Waals surface area contributed by atoms with Gasteiger partial charge in [0, 0.05) is 12.1 Å². The van der Waals surface area contributed by atoms with Crippen LogP contribution in [0.4, 0.5) is 11.4 Å². The van der Waals surface area contributed by atoms with Gasteiger partial charge < -0.3 is 5.11 Å². The number of hydrogen-bond donors (Lipinski definition) is 2. The molecule has 0 aliphatic rings. The molecule has 0 saturated heterocycles. The number of non-ortho nitro benzene ring substituents is 1. The second-order valence-corrected chi connectivity index (χ2v) is 2.59. The van der Waals surface area contributed by atoms with Crippen molar-refractivity contribution in [3.8, 4) is 0 Å². The van der Waals surface area contributed by atoms with E-state index < -0.39 is 17.5 Å². The van der Waals surface area contributed by atoms with Crippen molar-refractivity contribution in [1.82, 2.24) is 0 Å². The van der Waals surface area contributed by atoms with Gasteiger partial charge in [0.2, 0.25) is 0 Å². The molecule has 0 atom stereocenters. The fraction of sp³-hybridized carbons (Fsp3) is 0.125. The summed E-state index contributed by atoms with van der Waals surface area (Å²) in [5, 5.41) is 18.5. The van der Waals surface area contributed by atoms with Gasteiger partial charge in [-0.2, -0.15) is 0 Å². The molecular weight excluding hydrogens is 204 g/mol. The summed E-state index contributed by atoms with van der Waals surface area (Å²) in [6, 6.07) is 5.40. The number of rotatable bonds is 5. The molecule has 0 bridgehead atoms. The van der Waals surface area contributed by atoms with Crippen molar-refractivity contribution >= 4 is 17.3 Å². The summed E-state index contributed by atoms with van der Waals surface area (Å²) in [5.74, 6) is -1.11. The molecule has 7 nitrogen and oxygen atoms in total. The minimum Gasteiger partial charge on any atom is -0.479 e. The highest BCUT2D eigenvalue weighted by atomic mass is 16.7. The van der Waals surface area contributed by atoms with E-state index in [1.54, 1.807) is 0 Å². The number of carbonyl (C=O) groups is 1. The number of nitro benzene ring substituents is 1. The molecular formula is C8H8N2O5. The molecule has 15 heavy (non-hydrogen) atoms. The lowest BCUT2D eigenvalue weighted by atomic mass is 10.3. The van der Waals surface area contributed by atoms with Gasteiger partial charge in [0.25, 0.3) is 5.69 Å². The van der Waals surface area contributed by atoms with Crippen LogP contribution in [0.2, 0.25) is 0 Å². The lowest BCUT2D eigenvalue weighted by Gasteiger charge is -2.03. The van der Waals surface area contributed by atoms with Gasteiger partial charge in [-0.1, -0.05) is 0 Å². The van der Waals surface area contributed by atoms with Crippen LogP contribution < -0.4 is 5.48 Å². The molecule has 7 heteroatoms. The van der Waals surface area contributed by atoms with Gasteiger partial charge in [-0.15, -0.1) is 0 Å². The molecule has 2 N–H and O–H groups in total. The first kappa shape index (κ1) is 10.9. The van der Waals surface area contributed by atoms with Gasteiger partial charge in [-0.05, 0) is 12.1 Å². The molecule has 0 saturated carbocycles. The van der Waals surface area contributed by atoms with Crippen LogP contribution in [0.1, 0.15) is 0 Å². The van der Waals surface area contributed by atoms with Crippen LogP contribution in [0.25, 0.3) is 0 Å². The number of aliphatic carboxylic acids is 1. The van der Waals surface area contributed by atoms with Crippen LogP contribution in [0, 0.1) is 10.1 Å². The zero-order valence-electron chi connectivity index (χ0n) is 7.54. The smallest absolute Gasteiger partial charge is 0.332 e. The Kier molecular flexibility index (Phi) is 3.58.